The Kier molecular flexibility index (Phi) is 5.18. The van der Waals surface area contributed by atoms with Gasteiger partial charge in [0.25, 0.3) is 0 Å². The lowest BCUT2D eigenvalue weighted by molar-refractivity contribution is 0.553. The molecular formula is C8H17ClO2S. The summed E-state index contributed by atoms with van der Waals surface area (Å²) >= 11 is 5.95. The normalized spacial score (nSPS) is 15.1. The highest BCUT2D eigenvalue weighted by atomic mass is 35.5. The summed E-state index contributed by atoms with van der Waals surface area (Å²) in [7, 11) is -2.80. The van der Waals surface area contributed by atoms with Crippen LogP contribution in [-0.4, -0.2) is 25.8 Å². The van der Waals surface area contributed by atoms with E-state index < -0.39 is 9.84 Å². The smallest absolute Gasteiger partial charge is 0.147 e. The summed E-state index contributed by atoms with van der Waals surface area (Å²) in [6.45, 7) is 4.08. The van der Waals surface area contributed by atoms with Crippen molar-refractivity contribution in [1.29, 1.82) is 0 Å². The maximum Gasteiger partial charge on any atom is 0.147 e. The summed E-state index contributed by atoms with van der Waals surface area (Å²) in [5.74, 6) is 0.675. The fourth-order valence-electron chi connectivity index (χ4n) is 0.874. The molecule has 0 amide bonds. The molecule has 0 aliphatic rings. The molecule has 0 aromatic rings. The molecule has 0 aliphatic carbocycles. The zero-order valence-electron chi connectivity index (χ0n) is 7.88. The minimum atomic E-state index is -2.80. The molecule has 0 aromatic heterocycles. The van der Waals surface area contributed by atoms with Gasteiger partial charge in [-0.05, 0) is 18.8 Å². The van der Waals surface area contributed by atoms with Gasteiger partial charge in [0.05, 0.1) is 0 Å². The predicted molar refractivity (Wildman–Crippen MR) is 53.4 cm³/mol. The van der Waals surface area contributed by atoms with Gasteiger partial charge < -0.3 is 0 Å². The van der Waals surface area contributed by atoms with Crippen molar-refractivity contribution in [3.63, 3.8) is 0 Å². The van der Waals surface area contributed by atoms with Crippen molar-refractivity contribution in [3.8, 4) is 0 Å². The highest BCUT2D eigenvalue weighted by Crippen LogP contribution is 2.15. The summed E-state index contributed by atoms with van der Waals surface area (Å²) in [4.78, 5) is 0. The van der Waals surface area contributed by atoms with Gasteiger partial charge in [0.2, 0.25) is 0 Å². The Morgan fingerprint density at radius 2 is 1.83 bits per heavy atom. The third-order valence-electron chi connectivity index (χ3n) is 1.72. The molecule has 0 radical (unpaired) electrons. The van der Waals surface area contributed by atoms with Crippen LogP contribution in [0.25, 0.3) is 0 Å². The van der Waals surface area contributed by atoms with E-state index in [4.69, 9.17) is 11.6 Å². The van der Waals surface area contributed by atoms with Crippen LogP contribution in [0.2, 0.25) is 0 Å². The molecule has 0 bridgehead atoms. The van der Waals surface area contributed by atoms with Crippen molar-refractivity contribution in [2.24, 2.45) is 5.92 Å². The topological polar surface area (TPSA) is 34.1 Å². The van der Waals surface area contributed by atoms with E-state index >= 15 is 0 Å². The van der Waals surface area contributed by atoms with Crippen LogP contribution in [0.4, 0.5) is 0 Å². The van der Waals surface area contributed by atoms with Crippen molar-refractivity contribution >= 4 is 21.4 Å². The van der Waals surface area contributed by atoms with E-state index in [1.807, 2.05) is 13.8 Å². The Hall–Kier alpha value is 0.240. The largest absolute Gasteiger partial charge is 0.229 e. The van der Waals surface area contributed by atoms with Crippen LogP contribution in [-0.2, 0) is 9.84 Å². The average molecular weight is 213 g/mol. The highest BCUT2D eigenvalue weighted by molar-refractivity contribution is 7.90. The van der Waals surface area contributed by atoms with Gasteiger partial charge in [0.1, 0.15) is 9.84 Å². The van der Waals surface area contributed by atoms with Gasteiger partial charge in [-0.3, -0.25) is 0 Å². The standard InChI is InChI=1S/C8H17ClO2S/c1-7(2)8(9)5-4-6-12(3,10)11/h7-8H,4-6H2,1-3H3. The second kappa shape index (κ2) is 5.07. The Morgan fingerprint density at radius 3 is 2.17 bits per heavy atom. The van der Waals surface area contributed by atoms with E-state index in [-0.39, 0.29) is 11.1 Å². The first-order valence-electron chi connectivity index (χ1n) is 4.14. The first kappa shape index (κ1) is 12.2. The first-order valence-corrected chi connectivity index (χ1v) is 6.64. The number of alkyl halides is 1. The fraction of sp³-hybridized carbons (Fsp3) is 1.00. The zero-order valence-corrected chi connectivity index (χ0v) is 9.45. The maximum absolute atomic E-state index is 10.7. The van der Waals surface area contributed by atoms with E-state index in [1.54, 1.807) is 0 Å². The lowest BCUT2D eigenvalue weighted by Gasteiger charge is -2.11. The van der Waals surface area contributed by atoms with Crippen LogP contribution in [0.15, 0.2) is 0 Å². The van der Waals surface area contributed by atoms with E-state index in [0.717, 1.165) is 6.42 Å². The Bertz CT molecular complexity index is 209. The minimum Gasteiger partial charge on any atom is -0.229 e. The van der Waals surface area contributed by atoms with Crippen molar-refractivity contribution in [1.82, 2.24) is 0 Å². The third kappa shape index (κ3) is 6.92. The van der Waals surface area contributed by atoms with Gasteiger partial charge in [-0.15, -0.1) is 11.6 Å². The average Bonchev–Trinajstić information content (AvgIpc) is 1.84. The fourth-order valence-corrected chi connectivity index (χ4v) is 1.72. The summed E-state index contributed by atoms with van der Waals surface area (Å²) in [5.41, 5.74) is 0. The Labute approximate surface area is 80.2 Å². The van der Waals surface area contributed by atoms with E-state index in [1.165, 1.54) is 6.26 Å². The molecule has 0 saturated heterocycles. The number of halogens is 1. The van der Waals surface area contributed by atoms with Crippen molar-refractivity contribution in [3.05, 3.63) is 0 Å². The molecule has 1 atom stereocenters. The number of hydrogen-bond donors (Lipinski definition) is 0. The molecule has 0 aromatic carbocycles. The van der Waals surface area contributed by atoms with E-state index in [0.29, 0.717) is 12.3 Å². The first-order chi connectivity index (χ1) is 5.33. The molecule has 74 valence electrons. The molecule has 1 unspecified atom stereocenters. The van der Waals surface area contributed by atoms with Crippen LogP contribution in [0.3, 0.4) is 0 Å². The zero-order chi connectivity index (χ0) is 9.78. The SMILES string of the molecule is CC(C)C(Cl)CCCS(C)(=O)=O. The molecule has 0 saturated carbocycles. The minimum absolute atomic E-state index is 0.103. The van der Waals surface area contributed by atoms with E-state index in [9.17, 15) is 8.42 Å². The monoisotopic (exact) mass is 212 g/mol. The second-order valence-electron chi connectivity index (χ2n) is 3.53. The van der Waals surface area contributed by atoms with E-state index in [2.05, 4.69) is 0 Å². The molecule has 0 fully saturated rings. The van der Waals surface area contributed by atoms with Crippen molar-refractivity contribution < 1.29 is 8.42 Å². The molecule has 0 N–H and O–H groups in total. The lowest BCUT2D eigenvalue weighted by atomic mass is 10.1. The molecule has 0 aliphatic heterocycles. The Morgan fingerprint density at radius 1 is 1.33 bits per heavy atom. The highest BCUT2D eigenvalue weighted by Gasteiger charge is 2.10. The van der Waals surface area contributed by atoms with Crippen molar-refractivity contribution in [2.45, 2.75) is 32.1 Å². The quantitative estimate of drug-likeness (QED) is 0.654. The molecule has 12 heavy (non-hydrogen) atoms. The Balaban J connectivity index is 3.58. The summed E-state index contributed by atoms with van der Waals surface area (Å²) < 4.78 is 21.5. The van der Waals surface area contributed by atoms with Crippen LogP contribution in [0.1, 0.15) is 26.7 Å². The van der Waals surface area contributed by atoms with Crippen LogP contribution >= 0.6 is 11.6 Å². The number of hydrogen-bond acceptors (Lipinski definition) is 2. The molecule has 2 nitrogen and oxygen atoms in total. The molecule has 0 heterocycles. The molecule has 0 spiro atoms. The van der Waals surface area contributed by atoms with Gasteiger partial charge >= 0.3 is 0 Å². The van der Waals surface area contributed by atoms with Gasteiger partial charge in [0.15, 0.2) is 0 Å². The third-order valence-corrected chi connectivity index (χ3v) is 3.47. The van der Waals surface area contributed by atoms with Gasteiger partial charge in [-0.25, -0.2) is 8.42 Å². The summed E-state index contributed by atoms with van der Waals surface area (Å²) in [5, 5.41) is 0.103. The summed E-state index contributed by atoms with van der Waals surface area (Å²) in [6, 6.07) is 0. The number of sulfone groups is 1. The van der Waals surface area contributed by atoms with Gasteiger partial charge in [-0.1, -0.05) is 13.8 Å². The van der Waals surface area contributed by atoms with Crippen LogP contribution < -0.4 is 0 Å². The molecular weight excluding hydrogens is 196 g/mol. The van der Waals surface area contributed by atoms with Crippen molar-refractivity contribution in [2.75, 3.05) is 12.0 Å². The van der Waals surface area contributed by atoms with Crippen LogP contribution in [0.5, 0.6) is 0 Å². The lowest BCUT2D eigenvalue weighted by Crippen LogP contribution is -2.10. The molecule has 4 heteroatoms. The predicted octanol–water partition coefficient (Wildman–Crippen LogP) is 2.07. The van der Waals surface area contributed by atoms with Crippen LogP contribution in [0, 0.1) is 5.92 Å². The second-order valence-corrected chi connectivity index (χ2v) is 6.35. The summed E-state index contributed by atoms with van der Waals surface area (Å²) in [6.07, 6.45) is 2.71. The maximum atomic E-state index is 10.7. The number of rotatable bonds is 5. The molecule has 0 rings (SSSR count). The van der Waals surface area contributed by atoms with Gasteiger partial charge in [-0.2, -0.15) is 0 Å². The van der Waals surface area contributed by atoms with Gasteiger partial charge in [0, 0.05) is 17.4 Å².